The minimum atomic E-state index is -0.189. The molecule has 0 atom stereocenters. The zero-order valence-electron chi connectivity index (χ0n) is 17.3. The van der Waals surface area contributed by atoms with E-state index in [4.69, 9.17) is 21.1 Å². The molecule has 0 saturated carbocycles. The number of amidine groups is 1. The maximum absolute atomic E-state index is 12.5. The minimum Gasteiger partial charge on any atom is -0.493 e. The molecule has 0 radical (unpaired) electrons. The first-order valence-corrected chi connectivity index (χ1v) is 12.8. The largest absolute Gasteiger partial charge is 0.493 e. The first-order valence-electron chi connectivity index (χ1n) is 9.71. The Hall–Kier alpha value is -2.01. The van der Waals surface area contributed by atoms with Crippen molar-refractivity contribution in [2.45, 2.75) is 6.61 Å². The Kier molecular flexibility index (Phi) is 8.00. The summed E-state index contributed by atoms with van der Waals surface area (Å²) in [6, 6.07) is 18.9. The number of carbonyl (C=O) groups is 1. The summed E-state index contributed by atoms with van der Waals surface area (Å²) < 4.78 is 13.4. The minimum absolute atomic E-state index is 0.189. The third-order valence-corrected chi connectivity index (χ3v) is 6.99. The molecule has 1 saturated heterocycles. The second-order valence-corrected chi connectivity index (χ2v) is 10.5. The number of hydrogen-bond acceptors (Lipinski definition) is 5. The van der Waals surface area contributed by atoms with E-state index in [9.17, 15) is 4.79 Å². The smallest absolute Gasteiger partial charge is 0.264 e. The number of aliphatic imine (C=N–C) groups is 1. The molecule has 1 heterocycles. The number of benzene rings is 3. The number of nitrogens with zero attached hydrogens (tertiary/aromatic N) is 1. The number of halogens is 3. The van der Waals surface area contributed by atoms with E-state index in [2.05, 4.69) is 48.8 Å². The second-order valence-electron chi connectivity index (χ2n) is 6.91. The van der Waals surface area contributed by atoms with Crippen molar-refractivity contribution in [3.8, 4) is 11.5 Å². The summed E-state index contributed by atoms with van der Waals surface area (Å²) in [6.45, 7) is 0.387. The van der Waals surface area contributed by atoms with Crippen LogP contribution in [0.15, 0.2) is 75.0 Å². The molecule has 5 nitrogen and oxygen atoms in total. The summed E-state index contributed by atoms with van der Waals surface area (Å²) in [4.78, 5) is 17.5. The van der Waals surface area contributed by atoms with Gasteiger partial charge in [-0.2, -0.15) is 0 Å². The lowest BCUT2D eigenvalue weighted by molar-refractivity contribution is -0.115. The van der Waals surface area contributed by atoms with Gasteiger partial charge >= 0.3 is 0 Å². The summed E-state index contributed by atoms with van der Waals surface area (Å²) in [5.41, 5.74) is 2.59. The molecule has 9 heteroatoms. The Morgan fingerprint density at radius 2 is 1.97 bits per heavy atom. The second kappa shape index (κ2) is 10.9. The fourth-order valence-electron chi connectivity index (χ4n) is 2.99. The predicted octanol–water partition coefficient (Wildman–Crippen LogP) is 7.19. The third-order valence-electron chi connectivity index (χ3n) is 4.54. The number of rotatable bonds is 6. The average Bonchev–Trinajstić information content (AvgIpc) is 3.12. The normalized spacial score (nSPS) is 15.7. The molecule has 0 bridgehead atoms. The molecule has 1 aliphatic rings. The Morgan fingerprint density at radius 3 is 2.70 bits per heavy atom. The fourth-order valence-corrected chi connectivity index (χ4v) is 5.13. The van der Waals surface area contributed by atoms with Crippen LogP contribution in [0.4, 0.5) is 5.69 Å². The van der Waals surface area contributed by atoms with E-state index in [-0.39, 0.29) is 5.91 Å². The summed E-state index contributed by atoms with van der Waals surface area (Å²) in [6.07, 6.45) is 1.82. The summed E-state index contributed by atoms with van der Waals surface area (Å²) in [7, 11) is 1.59. The van der Waals surface area contributed by atoms with Crippen molar-refractivity contribution in [1.29, 1.82) is 0 Å². The van der Waals surface area contributed by atoms with Crippen LogP contribution in [0, 0.1) is 3.57 Å². The van der Waals surface area contributed by atoms with Crippen molar-refractivity contribution in [1.82, 2.24) is 5.32 Å². The van der Waals surface area contributed by atoms with Crippen LogP contribution in [0.3, 0.4) is 0 Å². The van der Waals surface area contributed by atoms with E-state index < -0.39 is 0 Å². The zero-order chi connectivity index (χ0) is 23.4. The number of amides is 1. The van der Waals surface area contributed by atoms with E-state index in [1.807, 2.05) is 66.7 Å². The summed E-state index contributed by atoms with van der Waals surface area (Å²) in [5.74, 6) is 1.05. The van der Waals surface area contributed by atoms with Crippen molar-refractivity contribution >= 4 is 84.7 Å². The van der Waals surface area contributed by atoms with E-state index in [0.717, 1.165) is 24.9 Å². The van der Waals surface area contributed by atoms with Crippen LogP contribution in [0.25, 0.3) is 6.08 Å². The highest BCUT2D eigenvalue weighted by atomic mass is 127. The molecular weight excluding hydrogens is 639 g/mol. The van der Waals surface area contributed by atoms with Gasteiger partial charge in [-0.3, -0.25) is 4.79 Å². The Balaban J connectivity index is 1.53. The van der Waals surface area contributed by atoms with Crippen LogP contribution in [-0.4, -0.2) is 18.2 Å². The third kappa shape index (κ3) is 6.32. The van der Waals surface area contributed by atoms with Gasteiger partial charge in [-0.05, 0) is 94.0 Å². The van der Waals surface area contributed by atoms with E-state index >= 15 is 0 Å². The first-order chi connectivity index (χ1) is 15.9. The summed E-state index contributed by atoms with van der Waals surface area (Å²) in [5, 5.41) is 4.03. The van der Waals surface area contributed by atoms with Gasteiger partial charge in [0.15, 0.2) is 16.7 Å². The number of methoxy groups -OCH3 is 1. The van der Waals surface area contributed by atoms with Gasteiger partial charge in [-0.25, -0.2) is 4.99 Å². The molecule has 4 rings (SSSR count). The number of hydrogen-bond donors (Lipinski definition) is 1. The van der Waals surface area contributed by atoms with Crippen LogP contribution in [0.1, 0.15) is 11.1 Å². The molecule has 1 fully saturated rings. The molecule has 1 amide bonds. The lowest BCUT2D eigenvalue weighted by Gasteiger charge is -2.14. The van der Waals surface area contributed by atoms with Crippen LogP contribution >= 0.6 is 61.9 Å². The van der Waals surface area contributed by atoms with Gasteiger partial charge in [-0.15, -0.1) is 0 Å². The SMILES string of the molecule is COc1cc(/C=C2/SC(=Nc3cccc(Br)c3)NC2=O)cc(I)c1OCc1ccc(Cl)cc1. The predicted molar refractivity (Wildman–Crippen MR) is 146 cm³/mol. The topological polar surface area (TPSA) is 59.9 Å². The van der Waals surface area contributed by atoms with E-state index in [1.54, 1.807) is 7.11 Å². The van der Waals surface area contributed by atoms with Crippen LogP contribution in [0.2, 0.25) is 5.02 Å². The molecule has 1 N–H and O–H groups in total. The van der Waals surface area contributed by atoms with Crippen molar-refractivity contribution in [3.05, 3.63) is 89.8 Å². The van der Waals surface area contributed by atoms with Crippen molar-refractivity contribution < 1.29 is 14.3 Å². The van der Waals surface area contributed by atoms with Gasteiger partial charge in [-0.1, -0.05) is 45.7 Å². The zero-order valence-corrected chi connectivity index (χ0v) is 22.6. The first kappa shape index (κ1) is 24.1. The standard InChI is InChI=1S/C24H17BrClIN2O3S/c1-31-20-10-15(9-19(27)22(20)32-13-14-5-7-17(26)8-6-14)11-21-23(30)29-24(33-21)28-18-4-2-3-16(25)12-18/h2-12H,13H2,1H3,(H,28,29,30)/b21-11+. The van der Waals surface area contributed by atoms with Gasteiger partial charge in [0.25, 0.3) is 5.91 Å². The number of thioether (sulfide) groups is 1. The lowest BCUT2D eigenvalue weighted by atomic mass is 10.2. The molecule has 0 unspecified atom stereocenters. The van der Waals surface area contributed by atoms with E-state index in [1.165, 1.54) is 11.8 Å². The molecule has 3 aromatic carbocycles. The Labute approximate surface area is 222 Å². The molecule has 0 spiro atoms. The molecule has 0 aromatic heterocycles. The van der Waals surface area contributed by atoms with Crippen molar-refractivity contribution in [3.63, 3.8) is 0 Å². The Morgan fingerprint density at radius 1 is 1.18 bits per heavy atom. The van der Waals surface area contributed by atoms with Crippen molar-refractivity contribution in [2.24, 2.45) is 4.99 Å². The highest BCUT2D eigenvalue weighted by molar-refractivity contribution is 14.1. The van der Waals surface area contributed by atoms with Gasteiger partial charge in [0.2, 0.25) is 0 Å². The van der Waals surface area contributed by atoms with Crippen LogP contribution in [0.5, 0.6) is 11.5 Å². The molecule has 33 heavy (non-hydrogen) atoms. The van der Waals surface area contributed by atoms with Crippen molar-refractivity contribution in [2.75, 3.05) is 7.11 Å². The number of ether oxygens (including phenoxy) is 2. The average molecular weight is 656 g/mol. The fraction of sp³-hybridized carbons (Fsp3) is 0.0833. The maximum Gasteiger partial charge on any atom is 0.264 e. The number of nitrogens with one attached hydrogen (secondary N) is 1. The quantitative estimate of drug-likeness (QED) is 0.226. The molecule has 168 valence electrons. The number of carbonyl (C=O) groups excluding carboxylic acids is 1. The van der Waals surface area contributed by atoms with Gasteiger partial charge in [0.1, 0.15) is 6.61 Å². The monoisotopic (exact) mass is 654 g/mol. The molecular formula is C24H17BrClIN2O3S. The maximum atomic E-state index is 12.5. The molecule has 1 aliphatic heterocycles. The lowest BCUT2D eigenvalue weighted by Crippen LogP contribution is -2.19. The van der Waals surface area contributed by atoms with Crippen LogP contribution in [-0.2, 0) is 11.4 Å². The summed E-state index contributed by atoms with van der Waals surface area (Å²) >= 11 is 12.9. The van der Waals surface area contributed by atoms with Gasteiger partial charge in [0.05, 0.1) is 21.3 Å². The Bertz CT molecular complexity index is 1270. The highest BCUT2D eigenvalue weighted by Gasteiger charge is 2.24. The van der Waals surface area contributed by atoms with Gasteiger partial charge in [0, 0.05) is 9.50 Å². The van der Waals surface area contributed by atoms with E-state index in [0.29, 0.717) is 33.2 Å². The molecule has 0 aliphatic carbocycles. The van der Waals surface area contributed by atoms with Gasteiger partial charge < -0.3 is 14.8 Å². The highest BCUT2D eigenvalue weighted by Crippen LogP contribution is 2.36. The van der Waals surface area contributed by atoms with Crippen LogP contribution < -0.4 is 14.8 Å². The molecule has 3 aromatic rings.